The van der Waals surface area contributed by atoms with Crippen LogP contribution >= 0.6 is 0 Å². The summed E-state index contributed by atoms with van der Waals surface area (Å²) in [5.41, 5.74) is 2.04. The molecule has 2 aromatic rings. The minimum atomic E-state index is -0.596. The third kappa shape index (κ3) is 4.77. The number of amides is 1. The van der Waals surface area contributed by atoms with Crippen molar-refractivity contribution >= 4 is 23.0 Å². The molecule has 0 unspecified atom stereocenters. The molecule has 0 atom stereocenters. The van der Waals surface area contributed by atoms with Crippen LogP contribution in [0.2, 0.25) is 0 Å². The lowest BCUT2D eigenvalue weighted by molar-refractivity contribution is -0.112. The summed E-state index contributed by atoms with van der Waals surface area (Å²) in [5.74, 6) is -0.653. The van der Waals surface area contributed by atoms with Crippen molar-refractivity contribution in [3.8, 4) is 11.8 Å². The van der Waals surface area contributed by atoms with Gasteiger partial charge in [-0.3, -0.25) is 4.79 Å². The second kappa shape index (κ2) is 9.14. The average Bonchev–Trinajstić information content (AvgIpc) is 2.66. The Labute approximate surface area is 153 Å². The molecule has 0 aliphatic rings. The number of hydrogen-bond acceptors (Lipinski definition) is 5. The molecular formula is C20H22N4O2. The van der Waals surface area contributed by atoms with Gasteiger partial charge in [0.15, 0.2) is 0 Å². The summed E-state index contributed by atoms with van der Waals surface area (Å²) in [4.78, 5) is 14.4. The van der Waals surface area contributed by atoms with E-state index in [4.69, 9.17) is 0 Å². The number of nitrogens with one attached hydrogen (secondary N) is 2. The fourth-order valence-electron chi connectivity index (χ4n) is 2.43. The number of carbonyl (C=O) groups is 1. The smallest absolute Gasteiger partial charge is 0.267 e. The summed E-state index contributed by atoms with van der Waals surface area (Å²) in [6.45, 7) is 6.05. The van der Waals surface area contributed by atoms with Crippen LogP contribution in [0.1, 0.15) is 13.8 Å². The summed E-state index contributed by atoms with van der Waals surface area (Å²) >= 11 is 0. The van der Waals surface area contributed by atoms with Gasteiger partial charge in [-0.05, 0) is 50.2 Å². The number of phenolic OH excluding ortho intramolecular Hbond substituents is 1. The molecule has 0 fully saturated rings. The molecule has 0 aliphatic heterocycles. The summed E-state index contributed by atoms with van der Waals surface area (Å²) in [5, 5.41) is 24.4. The van der Waals surface area contributed by atoms with E-state index in [0.717, 1.165) is 24.5 Å². The van der Waals surface area contributed by atoms with E-state index in [1.165, 1.54) is 12.3 Å². The van der Waals surface area contributed by atoms with Crippen molar-refractivity contribution in [1.29, 1.82) is 5.26 Å². The standard InChI is InChI=1S/C20H22N4O2/c1-3-24(4-2)17-11-9-16(10-12-17)22-14-15(13-21)20(26)23-18-7-5-6-8-19(18)25/h5-12,14,22,25H,3-4H2,1-2H3,(H,23,26)/b15-14-. The Balaban J connectivity index is 2.06. The van der Waals surface area contributed by atoms with E-state index >= 15 is 0 Å². The number of benzene rings is 2. The van der Waals surface area contributed by atoms with Crippen LogP contribution in [-0.4, -0.2) is 24.1 Å². The van der Waals surface area contributed by atoms with Crippen LogP contribution in [0.4, 0.5) is 17.1 Å². The Hall–Kier alpha value is -3.46. The number of hydrogen-bond donors (Lipinski definition) is 3. The molecular weight excluding hydrogens is 328 g/mol. The lowest BCUT2D eigenvalue weighted by atomic mass is 10.2. The van der Waals surface area contributed by atoms with Gasteiger partial charge in [0.2, 0.25) is 0 Å². The predicted octanol–water partition coefficient (Wildman–Crippen LogP) is 3.70. The van der Waals surface area contributed by atoms with Gasteiger partial charge in [-0.15, -0.1) is 0 Å². The topological polar surface area (TPSA) is 88.4 Å². The van der Waals surface area contributed by atoms with E-state index in [1.807, 2.05) is 30.3 Å². The van der Waals surface area contributed by atoms with E-state index in [2.05, 4.69) is 29.4 Å². The van der Waals surface area contributed by atoms with Crippen molar-refractivity contribution in [1.82, 2.24) is 0 Å². The lowest BCUT2D eigenvalue weighted by Crippen LogP contribution is -2.21. The van der Waals surface area contributed by atoms with E-state index in [9.17, 15) is 15.2 Å². The Morgan fingerprint density at radius 2 is 1.81 bits per heavy atom. The molecule has 3 N–H and O–H groups in total. The van der Waals surface area contributed by atoms with Gasteiger partial charge in [0, 0.05) is 30.7 Å². The van der Waals surface area contributed by atoms with Crippen molar-refractivity contribution in [2.24, 2.45) is 0 Å². The Bertz CT molecular complexity index is 818. The summed E-state index contributed by atoms with van der Waals surface area (Å²) < 4.78 is 0. The molecule has 0 spiro atoms. The maximum absolute atomic E-state index is 12.2. The van der Waals surface area contributed by atoms with Gasteiger partial charge in [0.05, 0.1) is 5.69 Å². The molecule has 26 heavy (non-hydrogen) atoms. The quantitative estimate of drug-likeness (QED) is 0.403. The fraction of sp³-hybridized carbons (Fsp3) is 0.200. The van der Waals surface area contributed by atoms with Gasteiger partial charge in [-0.25, -0.2) is 0 Å². The third-order valence-electron chi connectivity index (χ3n) is 3.90. The van der Waals surface area contributed by atoms with Crippen molar-refractivity contribution < 1.29 is 9.90 Å². The first-order chi connectivity index (χ1) is 12.6. The van der Waals surface area contributed by atoms with Crippen molar-refractivity contribution in [2.45, 2.75) is 13.8 Å². The van der Waals surface area contributed by atoms with Crippen molar-refractivity contribution in [3.63, 3.8) is 0 Å². The SMILES string of the molecule is CCN(CC)c1ccc(N/C=C(/C#N)C(=O)Nc2ccccc2O)cc1. The lowest BCUT2D eigenvalue weighted by Gasteiger charge is -2.21. The van der Waals surface area contributed by atoms with E-state index in [1.54, 1.807) is 18.2 Å². The van der Waals surface area contributed by atoms with E-state index < -0.39 is 5.91 Å². The van der Waals surface area contributed by atoms with Crippen LogP contribution in [0, 0.1) is 11.3 Å². The van der Waals surface area contributed by atoms with E-state index in [0.29, 0.717) is 0 Å². The number of anilines is 3. The molecule has 0 bridgehead atoms. The van der Waals surface area contributed by atoms with Crippen LogP contribution in [0.25, 0.3) is 0 Å². The van der Waals surface area contributed by atoms with Gasteiger partial charge in [0.25, 0.3) is 5.91 Å². The second-order valence-corrected chi connectivity index (χ2v) is 5.50. The average molecular weight is 350 g/mol. The molecule has 0 radical (unpaired) electrons. The van der Waals surface area contributed by atoms with Gasteiger partial charge >= 0.3 is 0 Å². The van der Waals surface area contributed by atoms with Crippen LogP contribution in [0.15, 0.2) is 60.3 Å². The summed E-state index contributed by atoms with van der Waals surface area (Å²) in [6, 6.07) is 15.9. The molecule has 0 aromatic heterocycles. The molecule has 0 aliphatic carbocycles. The second-order valence-electron chi connectivity index (χ2n) is 5.50. The first-order valence-electron chi connectivity index (χ1n) is 8.40. The Morgan fingerprint density at radius 3 is 2.38 bits per heavy atom. The summed E-state index contributed by atoms with van der Waals surface area (Å²) in [7, 11) is 0. The van der Waals surface area contributed by atoms with Crippen LogP contribution in [0.5, 0.6) is 5.75 Å². The Morgan fingerprint density at radius 1 is 1.15 bits per heavy atom. The predicted molar refractivity (Wildman–Crippen MR) is 104 cm³/mol. The molecule has 0 saturated carbocycles. The van der Waals surface area contributed by atoms with Gasteiger partial charge in [-0.2, -0.15) is 5.26 Å². The molecule has 1 amide bonds. The molecule has 6 nitrogen and oxygen atoms in total. The first-order valence-corrected chi connectivity index (χ1v) is 8.40. The molecule has 0 heterocycles. The van der Waals surface area contributed by atoms with Crippen molar-refractivity contribution in [3.05, 3.63) is 60.3 Å². The normalized spacial score (nSPS) is 10.7. The zero-order chi connectivity index (χ0) is 18.9. The highest BCUT2D eigenvalue weighted by molar-refractivity contribution is 6.07. The van der Waals surface area contributed by atoms with Crippen LogP contribution in [0.3, 0.4) is 0 Å². The van der Waals surface area contributed by atoms with Crippen molar-refractivity contribution in [2.75, 3.05) is 28.6 Å². The zero-order valence-electron chi connectivity index (χ0n) is 14.9. The number of para-hydroxylation sites is 2. The number of rotatable bonds is 7. The van der Waals surface area contributed by atoms with Crippen LogP contribution in [-0.2, 0) is 4.79 Å². The molecule has 134 valence electrons. The number of nitrogens with zero attached hydrogens (tertiary/aromatic N) is 2. The minimum absolute atomic E-state index is 0.0573. The number of nitriles is 1. The number of aromatic hydroxyl groups is 1. The van der Waals surface area contributed by atoms with Gasteiger partial charge < -0.3 is 20.6 Å². The highest BCUT2D eigenvalue weighted by atomic mass is 16.3. The fourth-order valence-corrected chi connectivity index (χ4v) is 2.43. The first kappa shape index (κ1) is 18.9. The van der Waals surface area contributed by atoms with Crippen LogP contribution < -0.4 is 15.5 Å². The number of carbonyl (C=O) groups excluding carboxylic acids is 1. The zero-order valence-corrected chi connectivity index (χ0v) is 14.9. The Kier molecular flexibility index (Phi) is 6.63. The largest absolute Gasteiger partial charge is 0.506 e. The monoisotopic (exact) mass is 350 g/mol. The summed E-state index contributed by atoms with van der Waals surface area (Å²) in [6.07, 6.45) is 1.35. The maximum Gasteiger partial charge on any atom is 0.267 e. The minimum Gasteiger partial charge on any atom is -0.506 e. The maximum atomic E-state index is 12.2. The molecule has 0 saturated heterocycles. The third-order valence-corrected chi connectivity index (χ3v) is 3.90. The molecule has 2 rings (SSSR count). The highest BCUT2D eigenvalue weighted by Crippen LogP contribution is 2.22. The highest BCUT2D eigenvalue weighted by Gasteiger charge is 2.11. The van der Waals surface area contributed by atoms with Gasteiger partial charge in [-0.1, -0.05) is 12.1 Å². The van der Waals surface area contributed by atoms with E-state index in [-0.39, 0.29) is 17.0 Å². The number of phenols is 1. The molecule has 6 heteroatoms. The molecule has 2 aromatic carbocycles. The van der Waals surface area contributed by atoms with Gasteiger partial charge in [0.1, 0.15) is 17.4 Å².